The van der Waals surface area contributed by atoms with E-state index in [1.807, 2.05) is 30.3 Å². The van der Waals surface area contributed by atoms with Gasteiger partial charge in [0.25, 0.3) is 0 Å². The van der Waals surface area contributed by atoms with Crippen molar-refractivity contribution in [1.29, 1.82) is 0 Å². The Labute approximate surface area is 81.9 Å². The Morgan fingerprint density at radius 3 is 2.64 bits per heavy atom. The zero-order valence-corrected chi connectivity index (χ0v) is 7.82. The smallest absolute Gasteiger partial charge is 0.342 e. The van der Waals surface area contributed by atoms with Gasteiger partial charge in [-0.2, -0.15) is 0 Å². The summed E-state index contributed by atoms with van der Waals surface area (Å²) in [4.78, 5) is 11.4. The standard InChI is InChI=1S/C11H10O3/c1-13-9-7-14-11(12)10(9)8-5-3-2-4-6-8/h2-6H,7H2,1H3. The van der Waals surface area contributed by atoms with Crippen molar-refractivity contribution in [3.05, 3.63) is 41.7 Å². The Bertz CT molecular complexity index is 379. The Balaban J connectivity index is 2.46. The molecule has 3 heteroatoms. The molecular weight excluding hydrogens is 180 g/mol. The van der Waals surface area contributed by atoms with E-state index in [4.69, 9.17) is 9.47 Å². The molecule has 1 aliphatic heterocycles. The number of ether oxygens (including phenoxy) is 2. The largest absolute Gasteiger partial charge is 0.497 e. The van der Waals surface area contributed by atoms with Gasteiger partial charge in [0.05, 0.1) is 7.11 Å². The topological polar surface area (TPSA) is 35.5 Å². The number of hydrogen-bond donors (Lipinski definition) is 0. The minimum Gasteiger partial charge on any atom is -0.497 e. The number of hydrogen-bond acceptors (Lipinski definition) is 3. The molecule has 0 fully saturated rings. The van der Waals surface area contributed by atoms with Crippen LogP contribution in [-0.4, -0.2) is 19.7 Å². The quantitative estimate of drug-likeness (QED) is 0.664. The average molecular weight is 190 g/mol. The second-order valence-corrected chi connectivity index (χ2v) is 2.94. The zero-order valence-electron chi connectivity index (χ0n) is 7.82. The Kier molecular flexibility index (Phi) is 2.23. The highest BCUT2D eigenvalue weighted by atomic mass is 16.6. The number of carbonyl (C=O) groups is 1. The summed E-state index contributed by atoms with van der Waals surface area (Å²) in [5.41, 5.74) is 1.37. The molecule has 3 nitrogen and oxygen atoms in total. The fourth-order valence-electron chi connectivity index (χ4n) is 1.43. The van der Waals surface area contributed by atoms with Crippen molar-refractivity contribution in [2.45, 2.75) is 0 Å². The third kappa shape index (κ3) is 1.37. The molecule has 0 bridgehead atoms. The van der Waals surface area contributed by atoms with Crippen molar-refractivity contribution in [3.63, 3.8) is 0 Å². The second kappa shape index (κ2) is 3.54. The maximum absolute atomic E-state index is 11.4. The van der Waals surface area contributed by atoms with Crippen molar-refractivity contribution >= 4 is 11.5 Å². The van der Waals surface area contributed by atoms with Crippen LogP contribution in [0.5, 0.6) is 0 Å². The first-order chi connectivity index (χ1) is 6.83. The summed E-state index contributed by atoms with van der Waals surface area (Å²) in [5.74, 6) is 0.286. The summed E-state index contributed by atoms with van der Waals surface area (Å²) in [6, 6.07) is 9.38. The van der Waals surface area contributed by atoms with Crippen molar-refractivity contribution in [3.8, 4) is 0 Å². The van der Waals surface area contributed by atoms with Crippen LogP contribution in [0, 0.1) is 0 Å². The number of carbonyl (C=O) groups excluding carboxylic acids is 1. The zero-order chi connectivity index (χ0) is 9.97. The Morgan fingerprint density at radius 2 is 2.00 bits per heavy atom. The molecule has 0 N–H and O–H groups in total. The molecule has 1 aromatic rings. The molecule has 0 atom stereocenters. The minimum absolute atomic E-state index is 0.236. The number of cyclic esters (lactones) is 1. The van der Waals surface area contributed by atoms with Gasteiger partial charge in [0.15, 0.2) is 0 Å². The van der Waals surface area contributed by atoms with Crippen molar-refractivity contribution < 1.29 is 14.3 Å². The van der Waals surface area contributed by atoms with Gasteiger partial charge in [-0.25, -0.2) is 4.79 Å². The molecule has 1 heterocycles. The molecule has 72 valence electrons. The van der Waals surface area contributed by atoms with Gasteiger partial charge < -0.3 is 9.47 Å². The first-order valence-corrected chi connectivity index (χ1v) is 4.32. The van der Waals surface area contributed by atoms with Crippen LogP contribution < -0.4 is 0 Å². The summed E-state index contributed by atoms with van der Waals surface area (Å²) in [7, 11) is 1.54. The van der Waals surface area contributed by atoms with Gasteiger partial charge in [-0.15, -0.1) is 0 Å². The van der Waals surface area contributed by atoms with E-state index < -0.39 is 0 Å². The highest BCUT2D eigenvalue weighted by molar-refractivity contribution is 6.18. The van der Waals surface area contributed by atoms with E-state index in [0.717, 1.165) is 5.56 Å². The molecule has 0 aliphatic carbocycles. The summed E-state index contributed by atoms with van der Waals surface area (Å²) in [5, 5.41) is 0. The number of methoxy groups -OCH3 is 1. The van der Waals surface area contributed by atoms with Gasteiger partial charge in [-0.3, -0.25) is 0 Å². The van der Waals surface area contributed by atoms with Gasteiger partial charge in [-0.05, 0) is 5.56 Å². The molecule has 0 saturated carbocycles. The van der Waals surface area contributed by atoms with Crippen LogP contribution in [0.2, 0.25) is 0 Å². The fourth-order valence-corrected chi connectivity index (χ4v) is 1.43. The van der Waals surface area contributed by atoms with Crippen LogP contribution in [0.25, 0.3) is 5.57 Å². The third-order valence-corrected chi connectivity index (χ3v) is 2.13. The molecular formula is C11H10O3. The van der Waals surface area contributed by atoms with Gasteiger partial charge in [-0.1, -0.05) is 30.3 Å². The first kappa shape index (κ1) is 8.81. The molecule has 0 spiro atoms. The molecule has 0 aromatic heterocycles. The number of benzene rings is 1. The Hall–Kier alpha value is -1.77. The highest BCUT2D eigenvalue weighted by Crippen LogP contribution is 2.25. The van der Waals surface area contributed by atoms with E-state index in [0.29, 0.717) is 11.3 Å². The fraction of sp³-hybridized carbons (Fsp3) is 0.182. The molecule has 0 saturated heterocycles. The number of esters is 1. The van der Waals surface area contributed by atoms with Crippen LogP contribution in [-0.2, 0) is 14.3 Å². The van der Waals surface area contributed by atoms with Gasteiger partial charge in [0.2, 0.25) is 0 Å². The monoisotopic (exact) mass is 190 g/mol. The van der Waals surface area contributed by atoms with E-state index in [2.05, 4.69) is 0 Å². The molecule has 1 aromatic carbocycles. The van der Waals surface area contributed by atoms with E-state index >= 15 is 0 Å². The van der Waals surface area contributed by atoms with Crippen molar-refractivity contribution in [1.82, 2.24) is 0 Å². The van der Waals surface area contributed by atoms with Crippen molar-refractivity contribution in [2.75, 3.05) is 13.7 Å². The lowest BCUT2D eigenvalue weighted by Crippen LogP contribution is -1.98. The van der Waals surface area contributed by atoms with E-state index in [1.54, 1.807) is 7.11 Å². The number of rotatable bonds is 2. The molecule has 1 aliphatic rings. The normalized spacial score (nSPS) is 15.6. The lowest BCUT2D eigenvalue weighted by Gasteiger charge is -2.01. The highest BCUT2D eigenvalue weighted by Gasteiger charge is 2.26. The molecule has 0 unspecified atom stereocenters. The van der Waals surface area contributed by atoms with Crippen LogP contribution in [0.4, 0.5) is 0 Å². The lowest BCUT2D eigenvalue weighted by atomic mass is 10.1. The Morgan fingerprint density at radius 1 is 1.29 bits per heavy atom. The summed E-state index contributed by atoms with van der Waals surface area (Å²) >= 11 is 0. The van der Waals surface area contributed by atoms with E-state index in [-0.39, 0.29) is 12.6 Å². The summed E-state index contributed by atoms with van der Waals surface area (Å²) in [6.07, 6.45) is 0. The van der Waals surface area contributed by atoms with Gasteiger partial charge in [0.1, 0.15) is 17.9 Å². The maximum Gasteiger partial charge on any atom is 0.342 e. The average Bonchev–Trinajstić information content (AvgIpc) is 2.61. The molecule has 2 rings (SSSR count). The van der Waals surface area contributed by atoms with Gasteiger partial charge >= 0.3 is 5.97 Å². The second-order valence-electron chi connectivity index (χ2n) is 2.94. The van der Waals surface area contributed by atoms with Crippen LogP contribution in [0.15, 0.2) is 36.1 Å². The van der Waals surface area contributed by atoms with Crippen LogP contribution in [0.1, 0.15) is 5.56 Å². The molecule has 0 amide bonds. The predicted molar refractivity (Wildman–Crippen MR) is 51.3 cm³/mol. The van der Waals surface area contributed by atoms with E-state index in [1.165, 1.54) is 0 Å². The van der Waals surface area contributed by atoms with Gasteiger partial charge in [0, 0.05) is 0 Å². The summed E-state index contributed by atoms with van der Waals surface area (Å²) < 4.78 is 9.97. The maximum atomic E-state index is 11.4. The third-order valence-electron chi connectivity index (χ3n) is 2.13. The van der Waals surface area contributed by atoms with E-state index in [9.17, 15) is 4.79 Å². The van der Waals surface area contributed by atoms with Crippen molar-refractivity contribution in [2.24, 2.45) is 0 Å². The van der Waals surface area contributed by atoms with Crippen LogP contribution in [0.3, 0.4) is 0 Å². The molecule has 14 heavy (non-hydrogen) atoms. The SMILES string of the molecule is COC1=C(c2ccccc2)C(=O)OC1. The molecule has 0 radical (unpaired) electrons. The first-order valence-electron chi connectivity index (χ1n) is 4.32. The minimum atomic E-state index is -0.312. The lowest BCUT2D eigenvalue weighted by molar-refractivity contribution is -0.134. The summed E-state index contributed by atoms with van der Waals surface area (Å²) in [6.45, 7) is 0.236. The van der Waals surface area contributed by atoms with Crippen LogP contribution >= 0.6 is 0 Å². The predicted octanol–water partition coefficient (Wildman–Crippen LogP) is 1.60.